The minimum atomic E-state index is -0.501. The largest absolute Gasteiger partial charge is 0.350 e. The fourth-order valence-electron chi connectivity index (χ4n) is 10.3. The first-order valence-electron chi connectivity index (χ1n) is 21.4. The van der Waals surface area contributed by atoms with E-state index in [0.29, 0.717) is 0 Å². The van der Waals surface area contributed by atoms with Gasteiger partial charge in [0.05, 0.1) is 16.8 Å². The van der Waals surface area contributed by atoms with Crippen LogP contribution in [0.25, 0.3) is 33.4 Å². The lowest BCUT2D eigenvalue weighted by molar-refractivity contribution is 0.409. The fraction of sp³-hybridized carbons (Fsp3) is 0.0517. The SMILES string of the molecule is c1ccc(C2=NC(c3ccccc3)NC(c3ccccc3-c3ccc(-c4ccc5c(c4)C4(c6ccccc6-5)c5ccccc5N(c5ccccc5)c5ccccc54)cc3)N2)cc1. The summed E-state index contributed by atoms with van der Waals surface area (Å²) >= 11 is 0. The molecule has 1 aliphatic carbocycles. The lowest BCUT2D eigenvalue weighted by Gasteiger charge is -2.45. The van der Waals surface area contributed by atoms with E-state index in [2.05, 4.69) is 240 Å². The Morgan fingerprint density at radius 2 is 0.935 bits per heavy atom. The van der Waals surface area contributed by atoms with E-state index < -0.39 is 5.41 Å². The average Bonchev–Trinajstić information content (AvgIpc) is 3.65. The van der Waals surface area contributed by atoms with Crippen LogP contribution in [0.5, 0.6) is 0 Å². The molecule has 2 N–H and O–H groups in total. The summed E-state index contributed by atoms with van der Waals surface area (Å²) in [7, 11) is 0. The molecule has 0 fully saturated rings. The van der Waals surface area contributed by atoms with Crippen LogP contribution in [-0.2, 0) is 5.41 Å². The van der Waals surface area contributed by atoms with Gasteiger partial charge in [-0.2, -0.15) is 0 Å². The van der Waals surface area contributed by atoms with Gasteiger partial charge in [0.15, 0.2) is 0 Å². The minimum Gasteiger partial charge on any atom is -0.350 e. The van der Waals surface area contributed by atoms with Gasteiger partial charge in [0.1, 0.15) is 18.2 Å². The normalized spacial score (nSPS) is 16.6. The van der Waals surface area contributed by atoms with Crippen LogP contribution >= 0.6 is 0 Å². The maximum absolute atomic E-state index is 5.15. The maximum atomic E-state index is 5.15. The Labute approximate surface area is 362 Å². The molecule has 0 saturated carbocycles. The highest BCUT2D eigenvalue weighted by molar-refractivity contribution is 6.00. The quantitative estimate of drug-likeness (QED) is 0.176. The summed E-state index contributed by atoms with van der Waals surface area (Å²) in [6.07, 6.45) is -0.371. The van der Waals surface area contributed by atoms with Crippen molar-refractivity contribution in [2.75, 3.05) is 4.90 Å². The van der Waals surface area contributed by atoms with E-state index in [0.717, 1.165) is 28.2 Å². The van der Waals surface area contributed by atoms with Crippen molar-refractivity contribution in [3.8, 4) is 33.4 Å². The number of aliphatic imine (C=N–C) groups is 1. The van der Waals surface area contributed by atoms with E-state index in [1.54, 1.807) is 0 Å². The van der Waals surface area contributed by atoms with Gasteiger partial charge in [-0.15, -0.1) is 0 Å². The molecule has 0 saturated heterocycles. The van der Waals surface area contributed by atoms with Crippen molar-refractivity contribution in [3.05, 3.63) is 269 Å². The monoisotopic (exact) mass is 794 g/mol. The number of amidine groups is 1. The van der Waals surface area contributed by atoms with Gasteiger partial charge in [-0.1, -0.05) is 200 Å². The number of nitrogens with zero attached hydrogens (tertiary/aromatic N) is 2. The molecule has 2 unspecified atom stereocenters. The van der Waals surface area contributed by atoms with Gasteiger partial charge in [0.2, 0.25) is 0 Å². The number of benzene rings is 9. The van der Waals surface area contributed by atoms with Gasteiger partial charge >= 0.3 is 0 Å². The first-order valence-corrected chi connectivity index (χ1v) is 21.4. The molecule has 9 aromatic carbocycles. The Kier molecular flexibility index (Phi) is 8.58. The molecule has 294 valence electrons. The predicted molar refractivity (Wildman–Crippen MR) is 254 cm³/mol. The highest BCUT2D eigenvalue weighted by Crippen LogP contribution is 2.63. The van der Waals surface area contributed by atoms with Crippen molar-refractivity contribution >= 4 is 22.9 Å². The van der Waals surface area contributed by atoms with Gasteiger partial charge in [-0.05, 0) is 97.1 Å². The molecule has 12 rings (SSSR count). The molecule has 3 aliphatic rings. The van der Waals surface area contributed by atoms with E-state index in [1.807, 2.05) is 6.07 Å². The maximum Gasteiger partial charge on any atom is 0.131 e. The van der Waals surface area contributed by atoms with Crippen molar-refractivity contribution in [2.24, 2.45) is 4.99 Å². The molecule has 0 bridgehead atoms. The van der Waals surface area contributed by atoms with Gasteiger partial charge in [0.25, 0.3) is 0 Å². The summed E-state index contributed by atoms with van der Waals surface area (Å²) in [5.41, 5.74) is 18.9. The van der Waals surface area contributed by atoms with Crippen molar-refractivity contribution in [1.29, 1.82) is 0 Å². The fourth-order valence-corrected chi connectivity index (χ4v) is 10.3. The number of fused-ring (bicyclic) bond motifs is 9. The molecule has 0 amide bonds. The highest BCUT2D eigenvalue weighted by atomic mass is 15.3. The van der Waals surface area contributed by atoms with Gasteiger partial charge in [0, 0.05) is 11.3 Å². The molecule has 62 heavy (non-hydrogen) atoms. The molecule has 2 heterocycles. The number of hydrogen-bond donors (Lipinski definition) is 2. The van der Waals surface area contributed by atoms with Crippen LogP contribution in [0.1, 0.15) is 51.3 Å². The van der Waals surface area contributed by atoms with Crippen LogP contribution in [0.2, 0.25) is 0 Å². The smallest absolute Gasteiger partial charge is 0.131 e. The van der Waals surface area contributed by atoms with Crippen LogP contribution < -0.4 is 15.5 Å². The molecule has 4 heteroatoms. The zero-order valence-corrected chi connectivity index (χ0v) is 34.0. The van der Waals surface area contributed by atoms with Gasteiger partial charge in [-0.25, -0.2) is 4.99 Å². The van der Waals surface area contributed by atoms with Crippen molar-refractivity contribution < 1.29 is 0 Å². The number of nitrogens with one attached hydrogen (secondary N) is 2. The van der Waals surface area contributed by atoms with Crippen LogP contribution in [0.15, 0.2) is 236 Å². The van der Waals surface area contributed by atoms with E-state index in [9.17, 15) is 0 Å². The lowest BCUT2D eigenvalue weighted by atomic mass is 9.64. The van der Waals surface area contributed by atoms with Crippen LogP contribution in [-0.4, -0.2) is 5.84 Å². The minimum absolute atomic E-state index is 0.169. The second kappa shape index (κ2) is 14.7. The third-order valence-electron chi connectivity index (χ3n) is 13.0. The summed E-state index contributed by atoms with van der Waals surface area (Å²) in [5, 5.41) is 7.57. The first kappa shape index (κ1) is 36.1. The third-order valence-corrected chi connectivity index (χ3v) is 13.0. The zero-order valence-electron chi connectivity index (χ0n) is 34.0. The molecular formula is C58H42N4. The van der Waals surface area contributed by atoms with Crippen LogP contribution in [0, 0.1) is 0 Å². The Morgan fingerprint density at radius 3 is 1.65 bits per heavy atom. The standard InChI is InChI=1S/C58H42N4/c1-4-18-41(19-5-1)55-59-56(42-20-6-2-7-21-42)61-57(60-55)48-26-11-10-24-45(48)40-34-32-39(33-35-40)43-36-37-47-46-25-12-13-27-49(46)58(52(47)38-43)50-28-14-16-30-53(50)62(44-22-8-3-9-23-44)54-31-17-15-29-51(54)58/h1-38,55,57,60H,(H,59,61). The van der Waals surface area contributed by atoms with Crippen molar-refractivity contribution in [1.82, 2.24) is 10.6 Å². The van der Waals surface area contributed by atoms with Gasteiger partial charge in [-0.3, -0.25) is 5.32 Å². The van der Waals surface area contributed by atoms with E-state index >= 15 is 0 Å². The Balaban J connectivity index is 0.950. The zero-order chi connectivity index (χ0) is 41.0. The van der Waals surface area contributed by atoms with E-state index in [-0.39, 0.29) is 12.3 Å². The Bertz CT molecular complexity index is 3090. The van der Waals surface area contributed by atoms with Crippen LogP contribution in [0.3, 0.4) is 0 Å². The summed E-state index contributed by atoms with van der Waals surface area (Å²) in [5.74, 6) is 0.876. The van der Waals surface area contributed by atoms with Gasteiger partial charge < -0.3 is 10.2 Å². The lowest BCUT2D eigenvalue weighted by Crippen LogP contribution is -2.45. The summed E-state index contributed by atoms with van der Waals surface area (Å²) in [6, 6.07) is 83.7. The second-order valence-corrected chi connectivity index (χ2v) is 16.3. The van der Waals surface area contributed by atoms with Crippen molar-refractivity contribution in [3.63, 3.8) is 0 Å². The Hall–Kier alpha value is -7.79. The highest BCUT2D eigenvalue weighted by Gasteiger charge is 2.51. The molecule has 1 spiro atoms. The average molecular weight is 795 g/mol. The molecule has 0 radical (unpaired) electrons. The molecule has 0 aromatic heterocycles. The number of anilines is 3. The summed E-state index contributed by atoms with van der Waals surface area (Å²) < 4.78 is 0. The molecular weight excluding hydrogens is 753 g/mol. The summed E-state index contributed by atoms with van der Waals surface area (Å²) in [4.78, 5) is 7.59. The molecule has 4 nitrogen and oxygen atoms in total. The number of para-hydroxylation sites is 3. The molecule has 2 aliphatic heterocycles. The van der Waals surface area contributed by atoms with E-state index in [1.165, 1.54) is 67.0 Å². The topological polar surface area (TPSA) is 39.7 Å². The Morgan fingerprint density at radius 1 is 0.403 bits per heavy atom. The molecule has 2 atom stereocenters. The third kappa shape index (κ3) is 5.68. The predicted octanol–water partition coefficient (Wildman–Crippen LogP) is 13.5. The van der Waals surface area contributed by atoms with Crippen LogP contribution in [0.4, 0.5) is 17.1 Å². The first-order chi connectivity index (χ1) is 30.8. The molecule has 9 aromatic rings. The number of rotatable bonds is 6. The summed E-state index contributed by atoms with van der Waals surface area (Å²) in [6.45, 7) is 0. The second-order valence-electron chi connectivity index (χ2n) is 16.3. The van der Waals surface area contributed by atoms with E-state index in [4.69, 9.17) is 4.99 Å². The number of hydrogen-bond acceptors (Lipinski definition) is 4. The van der Waals surface area contributed by atoms with Crippen molar-refractivity contribution in [2.45, 2.75) is 17.7 Å².